The number of amides is 2. The number of aromatic nitrogens is 1. The largest absolute Gasteiger partial charge is 0.467 e. The summed E-state index contributed by atoms with van der Waals surface area (Å²) in [4.78, 5) is 29.3. The second kappa shape index (κ2) is 9.40. The Morgan fingerprint density at radius 3 is 2.38 bits per heavy atom. The molecule has 32 heavy (non-hydrogen) atoms. The lowest BCUT2D eigenvalue weighted by atomic mass is 9.99. The van der Waals surface area contributed by atoms with Crippen LogP contribution in [0.5, 0.6) is 5.88 Å². The van der Waals surface area contributed by atoms with Gasteiger partial charge in [-0.15, -0.1) is 0 Å². The molecule has 2 amide bonds. The summed E-state index contributed by atoms with van der Waals surface area (Å²) < 4.78 is 76.9. The van der Waals surface area contributed by atoms with Gasteiger partial charge in [0.05, 0.1) is 25.4 Å². The van der Waals surface area contributed by atoms with Crippen molar-refractivity contribution in [3.8, 4) is 5.88 Å². The zero-order valence-electron chi connectivity index (χ0n) is 17.3. The van der Waals surface area contributed by atoms with Crippen LogP contribution in [0.4, 0.5) is 27.6 Å². The molecular weight excluding hydrogens is 447 g/mol. The molecular formula is C18H23F5N4O5. The maximum Gasteiger partial charge on any atom is 0.421 e. The van der Waals surface area contributed by atoms with Gasteiger partial charge in [-0.2, -0.15) is 13.2 Å². The average Bonchev–Trinajstić information content (AvgIpc) is 2.69. The van der Waals surface area contributed by atoms with Gasteiger partial charge in [0.25, 0.3) is 17.7 Å². The molecule has 1 aromatic rings. The number of morpholine rings is 1. The molecule has 1 aliphatic heterocycles. The summed E-state index contributed by atoms with van der Waals surface area (Å²) >= 11 is 0. The molecule has 1 saturated heterocycles. The topological polar surface area (TPSA) is 127 Å². The predicted molar refractivity (Wildman–Crippen MR) is 100 cm³/mol. The van der Waals surface area contributed by atoms with Crippen molar-refractivity contribution in [3.63, 3.8) is 0 Å². The van der Waals surface area contributed by atoms with Gasteiger partial charge >= 0.3 is 6.18 Å². The molecule has 0 spiro atoms. The maximum atomic E-state index is 13.4. The molecule has 1 unspecified atom stereocenters. The van der Waals surface area contributed by atoms with Crippen molar-refractivity contribution >= 4 is 17.5 Å². The van der Waals surface area contributed by atoms with Crippen LogP contribution in [0, 0.1) is 0 Å². The van der Waals surface area contributed by atoms with Crippen molar-refractivity contribution in [1.29, 1.82) is 0 Å². The first-order chi connectivity index (χ1) is 14.6. The van der Waals surface area contributed by atoms with Crippen molar-refractivity contribution in [3.05, 3.63) is 17.3 Å². The molecule has 0 aromatic carbocycles. The standard InChI is InChI=1S/C18H23F5N4O5/c1-16(30,17(2,19)20)9-25-14(29)13-11(24)7-10(18(21,22)23)15(26-13)32-8-12(28)27-3-5-31-6-4-27/h7,30H,3-6,8-9,24H2,1-2H3,(H,25,29). The molecule has 14 heteroatoms. The number of nitrogens with two attached hydrogens (primary N) is 1. The summed E-state index contributed by atoms with van der Waals surface area (Å²) in [6, 6.07) is 0.392. The van der Waals surface area contributed by atoms with Gasteiger partial charge in [0.15, 0.2) is 12.3 Å². The van der Waals surface area contributed by atoms with Gasteiger partial charge in [-0.05, 0) is 13.0 Å². The van der Waals surface area contributed by atoms with Gasteiger partial charge in [0.2, 0.25) is 5.88 Å². The molecule has 180 valence electrons. The Bertz CT molecular complexity index is 851. The zero-order chi connectivity index (χ0) is 24.3. The van der Waals surface area contributed by atoms with Gasteiger partial charge in [0, 0.05) is 20.0 Å². The number of carbonyl (C=O) groups excluding carboxylic acids is 2. The third-order valence-electron chi connectivity index (χ3n) is 4.77. The number of pyridine rings is 1. The molecule has 1 aliphatic rings. The van der Waals surface area contributed by atoms with Crippen LogP contribution in [0.25, 0.3) is 0 Å². The minimum atomic E-state index is -4.97. The van der Waals surface area contributed by atoms with Crippen LogP contribution in [-0.2, 0) is 15.7 Å². The fourth-order valence-electron chi connectivity index (χ4n) is 2.53. The Kier molecular flexibility index (Phi) is 7.50. The number of anilines is 1. The van der Waals surface area contributed by atoms with E-state index >= 15 is 0 Å². The van der Waals surface area contributed by atoms with Crippen molar-refractivity contribution in [2.45, 2.75) is 31.5 Å². The van der Waals surface area contributed by atoms with Crippen LogP contribution in [0.1, 0.15) is 29.9 Å². The number of nitrogen functional groups attached to an aromatic ring is 1. The molecule has 0 saturated carbocycles. The third kappa shape index (κ3) is 6.16. The molecule has 2 heterocycles. The molecule has 0 bridgehead atoms. The fraction of sp³-hybridized carbons (Fsp3) is 0.611. The number of nitrogens with one attached hydrogen (secondary N) is 1. The molecule has 0 aliphatic carbocycles. The average molecular weight is 470 g/mol. The second-order valence-corrected chi connectivity index (χ2v) is 7.40. The Morgan fingerprint density at radius 2 is 1.84 bits per heavy atom. The van der Waals surface area contributed by atoms with E-state index in [1.54, 1.807) is 0 Å². The number of carbonyl (C=O) groups is 2. The smallest absolute Gasteiger partial charge is 0.421 e. The lowest BCUT2D eigenvalue weighted by Crippen LogP contribution is -2.52. The Labute approximate surface area is 179 Å². The Morgan fingerprint density at radius 1 is 1.25 bits per heavy atom. The molecule has 1 fully saturated rings. The number of rotatable bonds is 7. The van der Waals surface area contributed by atoms with E-state index in [1.165, 1.54) is 4.90 Å². The number of aliphatic hydroxyl groups is 1. The zero-order valence-corrected chi connectivity index (χ0v) is 17.3. The second-order valence-electron chi connectivity index (χ2n) is 7.40. The summed E-state index contributed by atoms with van der Waals surface area (Å²) in [6.07, 6.45) is -4.97. The van der Waals surface area contributed by atoms with Gasteiger partial charge in [0.1, 0.15) is 11.2 Å². The summed E-state index contributed by atoms with van der Waals surface area (Å²) in [5.74, 6) is -6.50. The molecule has 1 aromatic heterocycles. The van der Waals surface area contributed by atoms with E-state index in [1.807, 2.05) is 5.32 Å². The van der Waals surface area contributed by atoms with Crippen molar-refractivity contribution < 1.29 is 46.1 Å². The maximum absolute atomic E-state index is 13.4. The highest BCUT2D eigenvalue weighted by molar-refractivity contribution is 5.97. The first-order valence-electron chi connectivity index (χ1n) is 9.38. The lowest BCUT2D eigenvalue weighted by molar-refractivity contribution is -0.155. The Balaban J connectivity index is 2.23. The summed E-state index contributed by atoms with van der Waals surface area (Å²) in [5, 5.41) is 11.7. The number of alkyl halides is 5. The van der Waals surface area contributed by atoms with Crippen LogP contribution in [0.2, 0.25) is 0 Å². The highest BCUT2D eigenvalue weighted by Gasteiger charge is 2.45. The third-order valence-corrected chi connectivity index (χ3v) is 4.77. The molecule has 9 nitrogen and oxygen atoms in total. The van der Waals surface area contributed by atoms with E-state index in [-0.39, 0.29) is 26.3 Å². The van der Waals surface area contributed by atoms with E-state index in [4.69, 9.17) is 15.2 Å². The number of ether oxygens (including phenoxy) is 2. The number of hydrogen-bond donors (Lipinski definition) is 3. The van der Waals surface area contributed by atoms with Crippen LogP contribution in [0.15, 0.2) is 6.07 Å². The summed E-state index contributed by atoms with van der Waals surface area (Å²) in [6.45, 7) is 0.471. The number of halogens is 5. The summed E-state index contributed by atoms with van der Waals surface area (Å²) in [7, 11) is 0. The quantitative estimate of drug-likeness (QED) is 0.509. The number of nitrogens with zero attached hydrogens (tertiary/aromatic N) is 2. The van der Waals surface area contributed by atoms with Gasteiger partial charge < -0.3 is 30.5 Å². The SMILES string of the molecule is CC(F)(F)C(C)(O)CNC(=O)c1nc(OCC(=O)N2CCOCC2)c(C(F)(F)F)cc1N. The van der Waals surface area contributed by atoms with E-state index in [2.05, 4.69) is 4.98 Å². The minimum Gasteiger partial charge on any atom is -0.467 e. The van der Waals surface area contributed by atoms with Gasteiger partial charge in [-0.3, -0.25) is 9.59 Å². The lowest BCUT2D eigenvalue weighted by Gasteiger charge is -2.29. The van der Waals surface area contributed by atoms with E-state index in [9.17, 15) is 36.6 Å². The number of hydrogen-bond acceptors (Lipinski definition) is 7. The van der Waals surface area contributed by atoms with Gasteiger partial charge in [-0.1, -0.05) is 0 Å². The van der Waals surface area contributed by atoms with Crippen LogP contribution in [0.3, 0.4) is 0 Å². The Hall–Kier alpha value is -2.74. The van der Waals surface area contributed by atoms with E-state index < -0.39 is 65.5 Å². The normalized spacial score (nSPS) is 16.9. The van der Waals surface area contributed by atoms with E-state index in [0.717, 1.165) is 6.92 Å². The first kappa shape index (κ1) is 25.5. The fourth-order valence-corrected chi connectivity index (χ4v) is 2.53. The molecule has 1 atom stereocenters. The van der Waals surface area contributed by atoms with Crippen LogP contribution >= 0.6 is 0 Å². The molecule has 0 radical (unpaired) electrons. The monoisotopic (exact) mass is 470 g/mol. The molecule has 4 N–H and O–H groups in total. The van der Waals surface area contributed by atoms with Crippen molar-refractivity contribution in [2.24, 2.45) is 0 Å². The first-order valence-corrected chi connectivity index (χ1v) is 9.38. The molecule has 2 rings (SSSR count). The van der Waals surface area contributed by atoms with Gasteiger partial charge in [-0.25, -0.2) is 13.8 Å². The van der Waals surface area contributed by atoms with Crippen molar-refractivity contribution in [1.82, 2.24) is 15.2 Å². The van der Waals surface area contributed by atoms with E-state index in [0.29, 0.717) is 13.0 Å². The van der Waals surface area contributed by atoms with Crippen LogP contribution in [-0.4, -0.2) is 77.8 Å². The highest BCUT2D eigenvalue weighted by atomic mass is 19.4. The summed E-state index contributed by atoms with van der Waals surface area (Å²) in [5.41, 5.74) is -0.0133. The van der Waals surface area contributed by atoms with Crippen molar-refractivity contribution in [2.75, 3.05) is 45.2 Å². The predicted octanol–water partition coefficient (Wildman–Crippen LogP) is 1.06. The minimum absolute atomic E-state index is 0.235. The van der Waals surface area contributed by atoms with Crippen LogP contribution < -0.4 is 15.8 Å². The highest BCUT2D eigenvalue weighted by Crippen LogP contribution is 2.37.